The zero-order valence-electron chi connectivity index (χ0n) is 16.7. The van der Waals surface area contributed by atoms with E-state index in [4.69, 9.17) is 5.73 Å². The van der Waals surface area contributed by atoms with E-state index in [2.05, 4.69) is 16.1 Å². The lowest BCUT2D eigenvalue weighted by molar-refractivity contribution is 0.100. The molecule has 2 N–H and O–H groups in total. The van der Waals surface area contributed by atoms with Crippen molar-refractivity contribution in [2.75, 3.05) is 18.0 Å². The van der Waals surface area contributed by atoms with E-state index in [1.807, 2.05) is 12.1 Å². The van der Waals surface area contributed by atoms with E-state index in [-0.39, 0.29) is 11.4 Å². The highest BCUT2D eigenvalue weighted by Crippen LogP contribution is 2.32. The third kappa shape index (κ3) is 3.52. The quantitative estimate of drug-likeness (QED) is 0.714. The summed E-state index contributed by atoms with van der Waals surface area (Å²) in [5.41, 5.74) is 9.61. The first-order chi connectivity index (χ1) is 14.5. The molecule has 3 aromatic rings. The van der Waals surface area contributed by atoms with Gasteiger partial charge in [0.05, 0.1) is 28.2 Å². The van der Waals surface area contributed by atoms with Crippen LogP contribution < -0.4 is 10.6 Å². The molecule has 0 saturated carbocycles. The van der Waals surface area contributed by atoms with Crippen molar-refractivity contribution >= 4 is 11.6 Å². The number of nitriles is 1. The average molecular weight is 403 g/mol. The zero-order chi connectivity index (χ0) is 21.3. The Morgan fingerprint density at radius 1 is 1.13 bits per heavy atom. The Kier molecular flexibility index (Phi) is 5.23. The minimum Gasteiger partial charge on any atom is -0.370 e. The summed E-state index contributed by atoms with van der Waals surface area (Å²) in [6.45, 7) is 3.60. The van der Waals surface area contributed by atoms with Crippen LogP contribution in [-0.2, 0) is 0 Å². The Morgan fingerprint density at radius 3 is 2.47 bits per heavy atom. The molecule has 30 heavy (non-hydrogen) atoms. The molecule has 2 heterocycles. The number of carbonyl (C=O) groups is 1. The topological polar surface area (TPSA) is 87.9 Å². The SMILES string of the molecule is Cc1c(C(N)=O)c(-c2ccc(N3CCCCC3)c(C#N)c2)nn1-c1ccc(F)cc1. The van der Waals surface area contributed by atoms with Gasteiger partial charge >= 0.3 is 0 Å². The summed E-state index contributed by atoms with van der Waals surface area (Å²) in [6, 6.07) is 13.7. The van der Waals surface area contributed by atoms with Crippen LogP contribution in [0.2, 0.25) is 0 Å². The van der Waals surface area contributed by atoms with E-state index < -0.39 is 5.91 Å². The van der Waals surface area contributed by atoms with Crippen LogP contribution in [0.15, 0.2) is 42.5 Å². The van der Waals surface area contributed by atoms with Gasteiger partial charge in [0.1, 0.15) is 17.6 Å². The molecule has 6 nitrogen and oxygen atoms in total. The van der Waals surface area contributed by atoms with Crippen LogP contribution in [0.1, 0.15) is 40.9 Å². The standard InChI is InChI=1S/C23H22FN5O/c1-15-21(23(26)30)22(27-29(15)19-8-6-18(24)7-9-19)16-5-10-20(17(13-16)14-25)28-11-3-2-4-12-28/h5-10,13H,2-4,11-12H2,1H3,(H2,26,30). The first-order valence-electron chi connectivity index (χ1n) is 9.94. The minimum absolute atomic E-state index is 0.286. The Hall–Kier alpha value is -3.66. The van der Waals surface area contributed by atoms with E-state index in [0.717, 1.165) is 31.6 Å². The van der Waals surface area contributed by atoms with Crippen LogP contribution in [0.25, 0.3) is 16.9 Å². The van der Waals surface area contributed by atoms with Crippen molar-refractivity contribution in [1.82, 2.24) is 9.78 Å². The van der Waals surface area contributed by atoms with Gasteiger partial charge in [-0.25, -0.2) is 9.07 Å². The van der Waals surface area contributed by atoms with Crippen molar-refractivity contribution < 1.29 is 9.18 Å². The third-order valence-corrected chi connectivity index (χ3v) is 5.52. The van der Waals surface area contributed by atoms with Gasteiger partial charge in [0, 0.05) is 18.7 Å². The number of primary amides is 1. The average Bonchev–Trinajstić information content (AvgIpc) is 3.12. The second kappa shape index (κ2) is 7.99. The summed E-state index contributed by atoms with van der Waals surface area (Å²) in [5.74, 6) is -0.958. The van der Waals surface area contributed by atoms with Gasteiger partial charge in [-0.3, -0.25) is 4.79 Å². The van der Waals surface area contributed by atoms with E-state index in [1.54, 1.807) is 29.8 Å². The molecule has 152 valence electrons. The van der Waals surface area contributed by atoms with Crippen LogP contribution >= 0.6 is 0 Å². The molecule has 0 atom stereocenters. The van der Waals surface area contributed by atoms with Crippen molar-refractivity contribution in [3.8, 4) is 23.0 Å². The molecule has 0 spiro atoms. The number of halogens is 1. The van der Waals surface area contributed by atoms with Crippen LogP contribution in [0.5, 0.6) is 0 Å². The summed E-state index contributed by atoms with van der Waals surface area (Å²) in [7, 11) is 0. The highest BCUT2D eigenvalue weighted by Gasteiger charge is 2.23. The van der Waals surface area contributed by atoms with Gasteiger partial charge in [0.2, 0.25) is 0 Å². The Balaban J connectivity index is 1.81. The number of aromatic nitrogens is 2. The number of nitrogens with zero attached hydrogens (tertiary/aromatic N) is 4. The summed E-state index contributed by atoms with van der Waals surface area (Å²) < 4.78 is 14.9. The predicted octanol–water partition coefficient (Wildman–Crippen LogP) is 3.95. The third-order valence-electron chi connectivity index (χ3n) is 5.52. The van der Waals surface area contributed by atoms with Gasteiger partial charge in [-0.1, -0.05) is 6.07 Å². The summed E-state index contributed by atoms with van der Waals surface area (Å²) in [5, 5.41) is 14.3. The molecule has 1 amide bonds. The number of hydrogen-bond acceptors (Lipinski definition) is 4. The Morgan fingerprint density at radius 2 is 1.83 bits per heavy atom. The van der Waals surface area contributed by atoms with Gasteiger partial charge in [0.25, 0.3) is 5.91 Å². The maximum atomic E-state index is 13.3. The van der Waals surface area contributed by atoms with E-state index in [0.29, 0.717) is 28.2 Å². The lowest BCUT2D eigenvalue weighted by Gasteiger charge is -2.29. The van der Waals surface area contributed by atoms with Crippen molar-refractivity contribution in [3.63, 3.8) is 0 Å². The van der Waals surface area contributed by atoms with Gasteiger partial charge in [-0.2, -0.15) is 10.4 Å². The molecule has 0 aliphatic carbocycles. The lowest BCUT2D eigenvalue weighted by atomic mass is 10.0. The first kappa shape index (κ1) is 19.6. The summed E-state index contributed by atoms with van der Waals surface area (Å²) in [6.07, 6.45) is 3.43. The smallest absolute Gasteiger partial charge is 0.252 e. The van der Waals surface area contributed by atoms with Crippen LogP contribution in [0, 0.1) is 24.1 Å². The van der Waals surface area contributed by atoms with Gasteiger partial charge < -0.3 is 10.6 Å². The number of hydrogen-bond donors (Lipinski definition) is 1. The van der Waals surface area contributed by atoms with E-state index in [9.17, 15) is 14.4 Å². The number of benzene rings is 2. The molecule has 1 fully saturated rings. The molecule has 1 saturated heterocycles. The number of nitrogens with two attached hydrogens (primary N) is 1. The van der Waals surface area contributed by atoms with E-state index in [1.165, 1.54) is 18.6 Å². The largest absolute Gasteiger partial charge is 0.370 e. The normalized spacial score (nSPS) is 13.8. The second-order valence-corrected chi connectivity index (χ2v) is 7.45. The maximum absolute atomic E-state index is 13.3. The Bertz CT molecular complexity index is 1140. The number of piperidine rings is 1. The molecule has 1 aliphatic rings. The Labute approximate surface area is 174 Å². The van der Waals surface area contributed by atoms with E-state index >= 15 is 0 Å². The van der Waals surface area contributed by atoms with Gasteiger partial charge in [-0.15, -0.1) is 0 Å². The summed E-state index contributed by atoms with van der Waals surface area (Å²) >= 11 is 0. The van der Waals surface area contributed by atoms with Gasteiger partial charge in [0.15, 0.2) is 0 Å². The summed E-state index contributed by atoms with van der Waals surface area (Å²) in [4.78, 5) is 14.4. The highest BCUT2D eigenvalue weighted by molar-refractivity contribution is 6.00. The van der Waals surface area contributed by atoms with Crippen molar-refractivity contribution in [1.29, 1.82) is 5.26 Å². The van der Waals surface area contributed by atoms with Gasteiger partial charge in [-0.05, 0) is 62.6 Å². The predicted molar refractivity (Wildman–Crippen MR) is 113 cm³/mol. The first-order valence-corrected chi connectivity index (χ1v) is 9.94. The van der Waals surface area contributed by atoms with Crippen LogP contribution in [0.3, 0.4) is 0 Å². The molecule has 0 bridgehead atoms. The van der Waals surface area contributed by atoms with Crippen molar-refractivity contribution in [2.24, 2.45) is 5.73 Å². The fourth-order valence-electron chi connectivity index (χ4n) is 4.02. The fraction of sp³-hybridized carbons (Fsp3) is 0.261. The zero-order valence-corrected chi connectivity index (χ0v) is 16.7. The number of amides is 1. The minimum atomic E-state index is -0.602. The monoisotopic (exact) mass is 403 g/mol. The highest BCUT2D eigenvalue weighted by atomic mass is 19.1. The van der Waals surface area contributed by atoms with Crippen LogP contribution in [-0.4, -0.2) is 28.8 Å². The fourth-order valence-corrected chi connectivity index (χ4v) is 4.02. The molecular weight excluding hydrogens is 381 g/mol. The molecule has 4 rings (SSSR count). The van der Waals surface area contributed by atoms with Crippen molar-refractivity contribution in [2.45, 2.75) is 26.2 Å². The molecule has 1 aliphatic heterocycles. The number of carbonyl (C=O) groups excluding carboxylic acids is 1. The molecule has 0 radical (unpaired) electrons. The number of anilines is 1. The lowest BCUT2D eigenvalue weighted by Crippen LogP contribution is -2.30. The molecule has 2 aromatic carbocycles. The molecule has 7 heteroatoms. The van der Waals surface area contributed by atoms with Crippen molar-refractivity contribution in [3.05, 3.63) is 65.1 Å². The molecular formula is C23H22FN5O. The van der Waals surface area contributed by atoms with Crippen LogP contribution in [0.4, 0.5) is 10.1 Å². The maximum Gasteiger partial charge on any atom is 0.252 e. The number of rotatable bonds is 4. The molecule has 1 aromatic heterocycles. The molecule has 0 unspecified atom stereocenters. The second-order valence-electron chi connectivity index (χ2n) is 7.45.